The van der Waals surface area contributed by atoms with Gasteiger partial charge in [-0.05, 0) is 29.8 Å². The van der Waals surface area contributed by atoms with E-state index in [1.807, 2.05) is 42.6 Å². The summed E-state index contributed by atoms with van der Waals surface area (Å²) in [4.78, 5) is 3.11. The summed E-state index contributed by atoms with van der Waals surface area (Å²) in [5, 5.41) is 0. The number of aromatic nitrogens is 1. The lowest BCUT2D eigenvalue weighted by Gasteiger charge is -2.09. The summed E-state index contributed by atoms with van der Waals surface area (Å²) in [6.45, 7) is 0. The first-order valence-electron chi connectivity index (χ1n) is 4.42. The Morgan fingerprint density at radius 2 is 1.86 bits per heavy atom. The number of rotatable bonds is 2. The van der Waals surface area contributed by atoms with Gasteiger partial charge in [0.05, 0.1) is 6.04 Å². The SMILES string of the molecule is NC(c1ccc(Br)cc1)c1ccc[nH]1. The van der Waals surface area contributed by atoms with Crippen LogP contribution >= 0.6 is 15.9 Å². The van der Waals surface area contributed by atoms with Crippen molar-refractivity contribution in [1.29, 1.82) is 0 Å². The van der Waals surface area contributed by atoms with Gasteiger partial charge in [-0.2, -0.15) is 0 Å². The van der Waals surface area contributed by atoms with Crippen LogP contribution in [-0.4, -0.2) is 4.98 Å². The molecular weight excluding hydrogens is 240 g/mol. The Hall–Kier alpha value is -1.06. The Kier molecular flexibility index (Phi) is 2.70. The summed E-state index contributed by atoms with van der Waals surface area (Å²) < 4.78 is 1.07. The normalized spacial score (nSPS) is 12.7. The lowest BCUT2D eigenvalue weighted by Crippen LogP contribution is -2.11. The Morgan fingerprint density at radius 1 is 1.14 bits per heavy atom. The van der Waals surface area contributed by atoms with E-state index in [4.69, 9.17) is 5.73 Å². The minimum absolute atomic E-state index is 0.0712. The van der Waals surface area contributed by atoms with E-state index in [9.17, 15) is 0 Å². The molecule has 3 heteroatoms. The highest BCUT2D eigenvalue weighted by Gasteiger charge is 2.08. The molecular formula is C11H11BrN2. The third-order valence-corrected chi connectivity index (χ3v) is 2.71. The summed E-state index contributed by atoms with van der Waals surface area (Å²) in [6, 6.07) is 11.9. The monoisotopic (exact) mass is 250 g/mol. The lowest BCUT2D eigenvalue weighted by molar-refractivity contribution is 0.838. The van der Waals surface area contributed by atoms with Gasteiger partial charge in [-0.15, -0.1) is 0 Å². The van der Waals surface area contributed by atoms with E-state index in [-0.39, 0.29) is 6.04 Å². The summed E-state index contributed by atoms with van der Waals surface area (Å²) in [7, 11) is 0. The Bertz CT molecular complexity index is 392. The Balaban J connectivity index is 2.28. The van der Waals surface area contributed by atoms with Crippen LogP contribution in [0.3, 0.4) is 0 Å². The summed E-state index contributed by atoms with van der Waals surface area (Å²) in [6.07, 6.45) is 1.88. The van der Waals surface area contributed by atoms with Gasteiger partial charge < -0.3 is 10.7 Å². The van der Waals surface area contributed by atoms with E-state index < -0.39 is 0 Å². The largest absolute Gasteiger partial charge is 0.363 e. The highest BCUT2D eigenvalue weighted by atomic mass is 79.9. The zero-order chi connectivity index (χ0) is 9.97. The van der Waals surface area contributed by atoms with Crippen molar-refractivity contribution >= 4 is 15.9 Å². The molecule has 3 N–H and O–H groups in total. The molecule has 1 heterocycles. The molecule has 0 fully saturated rings. The average molecular weight is 251 g/mol. The van der Waals surface area contributed by atoms with Crippen molar-refractivity contribution in [3.8, 4) is 0 Å². The molecule has 0 bridgehead atoms. The van der Waals surface area contributed by atoms with Crippen LogP contribution < -0.4 is 5.73 Å². The van der Waals surface area contributed by atoms with Crippen molar-refractivity contribution in [2.45, 2.75) is 6.04 Å². The molecule has 0 aliphatic heterocycles. The smallest absolute Gasteiger partial charge is 0.0704 e. The van der Waals surface area contributed by atoms with E-state index >= 15 is 0 Å². The van der Waals surface area contributed by atoms with E-state index in [1.54, 1.807) is 0 Å². The Morgan fingerprint density at radius 3 is 2.43 bits per heavy atom. The van der Waals surface area contributed by atoms with E-state index in [0.29, 0.717) is 0 Å². The predicted octanol–water partition coefficient (Wildman–Crippen LogP) is 2.83. The molecule has 72 valence electrons. The first-order chi connectivity index (χ1) is 6.77. The van der Waals surface area contributed by atoms with Gasteiger partial charge in [0.2, 0.25) is 0 Å². The van der Waals surface area contributed by atoms with Crippen molar-refractivity contribution in [2.75, 3.05) is 0 Å². The molecule has 0 amide bonds. The standard InChI is InChI=1S/C11H11BrN2/c12-9-5-3-8(4-6-9)11(13)10-2-1-7-14-10/h1-7,11,14H,13H2. The highest BCUT2D eigenvalue weighted by Crippen LogP contribution is 2.19. The quantitative estimate of drug-likeness (QED) is 0.846. The fourth-order valence-electron chi connectivity index (χ4n) is 1.39. The van der Waals surface area contributed by atoms with Gasteiger partial charge in [0.25, 0.3) is 0 Å². The van der Waals surface area contributed by atoms with Crippen LogP contribution in [0, 0.1) is 0 Å². The van der Waals surface area contributed by atoms with Gasteiger partial charge in [-0.1, -0.05) is 28.1 Å². The zero-order valence-corrected chi connectivity index (χ0v) is 9.16. The Labute approximate surface area is 91.3 Å². The van der Waals surface area contributed by atoms with Gasteiger partial charge in [-0.25, -0.2) is 0 Å². The van der Waals surface area contributed by atoms with E-state index in [0.717, 1.165) is 15.7 Å². The highest BCUT2D eigenvalue weighted by molar-refractivity contribution is 9.10. The summed E-state index contributed by atoms with van der Waals surface area (Å²) in [5.41, 5.74) is 8.21. The molecule has 2 rings (SSSR count). The molecule has 1 aromatic heterocycles. The molecule has 0 aliphatic rings. The number of nitrogens with one attached hydrogen (secondary N) is 1. The molecule has 0 saturated carbocycles. The van der Waals surface area contributed by atoms with Gasteiger partial charge >= 0.3 is 0 Å². The molecule has 2 nitrogen and oxygen atoms in total. The first-order valence-corrected chi connectivity index (χ1v) is 5.21. The van der Waals surface area contributed by atoms with Crippen molar-refractivity contribution in [2.24, 2.45) is 5.73 Å². The molecule has 1 atom stereocenters. The molecule has 0 aliphatic carbocycles. The van der Waals surface area contributed by atoms with Crippen LogP contribution in [0.15, 0.2) is 47.1 Å². The zero-order valence-electron chi connectivity index (χ0n) is 7.57. The fraction of sp³-hybridized carbons (Fsp3) is 0.0909. The second-order valence-corrected chi connectivity index (χ2v) is 4.07. The molecule has 0 spiro atoms. The second-order valence-electron chi connectivity index (χ2n) is 3.15. The maximum Gasteiger partial charge on any atom is 0.0704 e. The van der Waals surface area contributed by atoms with Crippen molar-refractivity contribution in [3.63, 3.8) is 0 Å². The number of hydrogen-bond donors (Lipinski definition) is 2. The average Bonchev–Trinajstić information content (AvgIpc) is 2.71. The first kappa shape index (κ1) is 9.49. The number of benzene rings is 1. The molecule has 0 saturated heterocycles. The van der Waals surface area contributed by atoms with Crippen LogP contribution in [0.2, 0.25) is 0 Å². The van der Waals surface area contributed by atoms with Crippen LogP contribution in [0.1, 0.15) is 17.3 Å². The minimum Gasteiger partial charge on any atom is -0.363 e. The van der Waals surface area contributed by atoms with Crippen molar-refractivity contribution < 1.29 is 0 Å². The van der Waals surface area contributed by atoms with Gasteiger partial charge in [0.1, 0.15) is 0 Å². The van der Waals surface area contributed by atoms with E-state index in [2.05, 4.69) is 20.9 Å². The van der Waals surface area contributed by atoms with Gasteiger partial charge in [0.15, 0.2) is 0 Å². The minimum atomic E-state index is -0.0712. The number of H-pyrrole nitrogens is 1. The third kappa shape index (κ3) is 1.89. The van der Waals surface area contributed by atoms with Crippen molar-refractivity contribution in [1.82, 2.24) is 4.98 Å². The molecule has 2 aromatic rings. The summed E-state index contributed by atoms with van der Waals surface area (Å²) in [5.74, 6) is 0. The van der Waals surface area contributed by atoms with Crippen LogP contribution in [0.5, 0.6) is 0 Å². The number of nitrogens with two attached hydrogens (primary N) is 1. The third-order valence-electron chi connectivity index (χ3n) is 2.19. The maximum absolute atomic E-state index is 6.06. The number of aromatic amines is 1. The summed E-state index contributed by atoms with van der Waals surface area (Å²) >= 11 is 3.39. The van der Waals surface area contributed by atoms with Crippen LogP contribution in [-0.2, 0) is 0 Å². The maximum atomic E-state index is 6.06. The molecule has 1 unspecified atom stereocenters. The van der Waals surface area contributed by atoms with E-state index in [1.165, 1.54) is 0 Å². The molecule has 14 heavy (non-hydrogen) atoms. The molecule has 0 radical (unpaired) electrons. The van der Waals surface area contributed by atoms with Crippen LogP contribution in [0.4, 0.5) is 0 Å². The van der Waals surface area contributed by atoms with Crippen LogP contribution in [0.25, 0.3) is 0 Å². The molecule has 1 aromatic carbocycles. The lowest BCUT2D eigenvalue weighted by atomic mass is 10.1. The second kappa shape index (κ2) is 3.98. The fourth-order valence-corrected chi connectivity index (χ4v) is 1.65. The number of halogens is 1. The van der Waals surface area contributed by atoms with Crippen molar-refractivity contribution in [3.05, 3.63) is 58.3 Å². The topological polar surface area (TPSA) is 41.8 Å². The predicted molar refractivity (Wildman–Crippen MR) is 61.0 cm³/mol. The van der Waals surface area contributed by atoms with Gasteiger partial charge in [0, 0.05) is 16.4 Å². The number of hydrogen-bond acceptors (Lipinski definition) is 1. The van der Waals surface area contributed by atoms with Gasteiger partial charge in [-0.3, -0.25) is 0 Å².